The summed E-state index contributed by atoms with van der Waals surface area (Å²) in [5.41, 5.74) is 2.63. The Labute approximate surface area is 181 Å². The summed E-state index contributed by atoms with van der Waals surface area (Å²) in [6.45, 7) is 5.62. The summed E-state index contributed by atoms with van der Waals surface area (Å²) in [6.07, 6.45) is 3.96. The normalized spacial score (nSPS) is 16.2. The molecule has 0 amide bonds. The number of nitrogens with zero attached hydrogens (tertiary/aromatic N) is 3. The van der Waals surface area contributed by atoms with Crippen molar-refractivity contribution in [2.45, 2.75) is 31.3 Å². The van der Waals surface area contributed by atoms with E-state index in [0.717, 1.165) is 27.6 Å². The molecule has 0 bridgehead atoms. The molecule has 29 heavy (non-hydrogen) atoms. The number of benzene rings is 2. The molecule has 1 aromatic heterocycles. The number of halogens is 1. The second kappa shape index (κ2) is 8.50. The van der Waals surface area contributed by atoms with Crippen LogP contribution in [0.4, 0.5) is 0 Å². The number of hydrogen-bond donors (Lipinski definition) is 0. The minimum Gasteiger partial charge on any atom is -0.325 e. The van der Waals surface area contributed by atoms with Crippen LogP contribution in [0.1, 0.15) is 24.8 Å². The first-order valence-corrected chi connectivity index (χ1v) is 11.6. The second-order valence-corrected chi connectivity index (χ2v) is 9.73. The molecule has 1 aliphatic heterocycles. The van der Waals surface area contributed by atoms with E-state index in [-0.39, 0.29) is 5.56 Å². The first-order valence-electron chi connectivity index (χ1n) is 10.2. The zero-order valence-corrected chi connectivity index (χ0v) is 18.6. The Morgan fingerprint density at radius 2 is 1.83 bits per heavy atom. The maximum absolute atomic E-state index is 13.3. The van der Waals surface area contributed by atoms with Crippen molar-refractivity contribution >= 4 is 34.3 Å². The molecule has 1 fully saturated rings. The first kappa shape index (κ1) is 20.5. The van der Waals surface area contributed by atoms with E-state index in [1.165, 1.54) is 37.9 Å². The lowest BCUT2D eigenvalue weighted by atomic mass is 10.1. The van der Waals surface area contributed by atoms with Crippen LogP contribution in [0.25, 0.3) is 16.6 Å². The number of aryl methyl sites for hydroxylation is 1. The molecule has 3 aromatic rings. The van der Waals surface area contributed by atoms with Crippen LogP contribution in [-0.4, -0.2) is 46.5 Å². The number of piperidine rings is 1. The molecule has 1 aliphatic rings. The Bertz CT molecular complexity index is 1070. The summed E-state index contributed by atoms with van der Waals surface area (Å²) in [4.78, 5) is 18.2. The monoisotopic (exact) mass is 428 g/mol. The fraction of sp³-hybridized carbons (Fsp3) is 0.391. The zero-order chi connectivity index (χ0) is 20.4. The van der Waals surface area contributed by atoms with Crippen molar-refractivity contribution in [1.82, 2.24) is 9.55 Å². The molecule has 1 saturated heterocycles. The highest BCUT2D eigenvalue weighted by Crippen LogP contribution is 2.25. The Morgan fingerprint density at radius 3 is 2.55 bits per heavy atom. The van der Waals surface area contributed by atoms with E-state index >= 15 is 0 Å². The summed E-state index contributed by atoms with van der Waals surface area (Å²) >= 11 is 7.83. The molecule has 0 radical (unpaired) electrons. The first-order chi connectivity index (χ1) is 14.0. The quantitative estimate of drug-likeness (QED) is 0.323. The van der Waals surface area contributed by atoms with Crippen LogP contribution in [0.5, 0.6) is 0 Å². The van der Waals surface area contributed by atoms with E-state index < -0.39 is 0 Å². The predicted molar refractivity (Wildman–Crippen MR) is 122 cm³/mol. The summed E-state index contributed by atoms with van der Waals surface area (Å²) in [5, 5.41) is 1.92. The van der Waals surface area contributed by atoms with Crippen molar-refractivity contribution in [2.24, 2.45) is 0 Å². The average Bonchev–Trinajstić information content (AvgIpc) is 2.69. The number of thioether (sulfide) groups is 1. The largest absolute Gasteiger partial charge is 0.325 e. The number of rotatable bonds is 5. The van der Waals surface area contributed by atoms with Crippen LogP contribution in [-0.2, 0) is 0 Å². The van der Waals surface area contributed by atoms with E-state index in [2.05, 4.69) is 7.05 Å². The van der Waals surface area contributed by atoms with Gasteiger partial charge in [0.15, 0.2) is 5.16 Å². The van der Waals surface area contributed by atoms with Gasteiger partial charge >= 0.3 is 0 Å². The summed E-state index contributed by atoms with van der Waals surface area (Å²) in [5.74, 6) is 0.931. The molecular weight excluding hydrogens is 402 g/mol. The van der Waals surface area contributed by atoms with E-state index in [9.17, 15) is 4.79 Å². The molecule has 0 atom stereocenters. The molecular formula is C23H27ClN3OS+. The Morgan fingerprint density at radius 1 is 1.10 bits per heavy atom. The fourth-order valence-electron chi connectivity index (χ4n) is 4.01. The van der Waals surface area contributed by atoms with Crippen LogP contribution < -0.4 is 5.56 Å². The summed E-state index contributed by atoms with van der Waals surface area (Å²) < 4.78 is 2.86. The number of aromatic nitrogens is 2. The van der Waals surface area contributed by atoms with Crippen LogP contribution in [0.3, 0.4) is 0 Å². The number of likely N-dealkylation sites (tertiary alicyclic amines) is 1. The molecule has 4 nitrogen and oxygen atoms in total. The van der Waals surface area contributed by atoms with Crippen LogP contribution in [0, 0.1) is 6.92 Å². The number of fused-ring (bicyclic) bond motifs is 1. The highest BCUT2D eigenvalue weighted by molar-refractivity contribution is 7.99. The fourth-order valence-corrected chi connectivity index (χ4v) is 5.37. The lowest BCUT2D eigenvalue weighted by Gasteiger charge is -2.37. The van der Waals surface area contributed by atoms with Gasteiger partial charge in [-0.3, -0.25) is 9.36 Å². The number of hydrogen-bond acceptors (Lipinski definition) is 3. The summed E-state index contributed by atoms with van der Waals surface area (Å²) in [6, 6.07) is 13.3. The lowest BCUT2D eigenvalue weighted by Crippen LogP contribution is -2.49. The molecule has 152 valence electrons. The molecule has 0 saturated carbocycles. The molecule has 0 spiro atoms. The average molecular weight is 429 g/mol. The highest BCUT2D eigenvalue weighted by Gasteiger charge is 2.24. The molecule has 6 heteroatoms. The maximum atomic E-state index is 13.3. The zero-order valence-electron chi connectivity index (χ0n) is 17.0. The van der Waals surface area contributed by atoms with Gasteiger partial charge in [0.2, 0.25) is 0 Å². The van der Waals surface area contributed by atoms with Crippen LogP contribution >= 0.6 is 23.4 Å². The minimum absolute atomic E-state index is 0.0450. The van der Waals surface area contributed by atoms with Gasteiger partial charge in [0, 0.05) is 5.02 Å². The van der Waals surface area contributed by atoms with Gasteiger partial charge in [0.25, 0.3) is 5.56 Å². The van der Waals surface area contributed by atoms with E-state index in [0.29, 0.717) is 15.9 Å². The second-order valence-electron chi connectivity index (χ2n) is 8.23. The third kappa shape index (κ3) is 4.52. The van der Waals surface area contributed by atoms with Gasteiger partial charge in [-0.05, 0) is 56.5 Å². The molecule has 0 N–H and O–H groups in total. The van der Waals surface area contributed by atoms with Gasteiger partial charge in [0.1, 0.15) is 0 Å². The topological polar surface area (TPSA) is 34.9 Å². The highest BCUT2D eigenvalue weighted by atomic mass is 35.5. The van der Waals surface area contributed by atoms with Gasteiger partial charge in [-0.1, -0.05) is 41.1 Å². The van der Waals surface area contributed by atoms with Gasteiger partial charge in [0.05, 0.1) is 49.0 Å². The van der Waals surface area contributed by atoms with Crippen molar-refractivity contribution in [3.05, 3.63) is 63.4 Å². The van der Waals surface area contributed by atoms with Crippen molar-refractivity contribution in [3.8, 4) is 5.69 Å². The summed E-state index contributed by atoms with van der Waals surface area (Å²) in [7, 11) is 2.35. The Hall–Kier alpha value is -1.82. The van der Waals surface area contributed by atoms with Crippen molar-refractivity contribution < 1.29 is 4.48 Å². The predicted octanol–water partition coefficient (Wildman–Crippen LogP) is 5.07. The van der Waals surface area contributed by atoms with Gasteiger partial charge in [-0.15, -0.1) is 0 Å². The van der Waals surface area contributed by atoms with Gasteiger partial charge in [-0.25, -0.2) is 4.98 Å². The number of quaternary nitrogens is 1. The van der Waals surface area contributed by atoms with E-state index in [1.807, 2.05) is 31.2 Å². The molecule has 0 aliphatic carbocycles. The van der Waals surface area contributed by atoms with Crippen LogP contribution in [0.2, 0.25) is 5.02 Å². The van der Waals surface area contributed by atoms with Crippen molar-refractivity contribution in [3.63, 3.8) is 0 Å². The molecule has 4 rings (SSSR count). The Kier molecular flexibility index (Phi) is 6.00. The minimum atomic E-state index is -0.0450. The maximum Gasteiger partial charge on any atom is 0.266 e. The van der Waals surface area contributed by atoms with Crippen LogP contribution in [0.15, 0.2) is 52.4 Å². The third-order valence-corrected chi connectivity index (χ3v) is 7.00. The van der Waals surface area contributed by atoms with E-state index in [1.54, 1.807) is 34.5 Å². The van der Waals surface area contributed by atoms with Crippen molar-refractivity contribution in [2.75, 3.05) is 32.4 Å². The third-order valence-electron chi connectivity index (χ3n) is 5.85. The van der Waals surface area contributed by atoms with Gasteiger partial charge < -0.3 is 4.48 Å². The smallest absolute Gasteiger partial charge is 0.266 e. The standard InChI is InChI=1S/C23H27ClN3OS/c1-17-6-9-19(10-7-17)26-22(28)20-11-8-18(24)16-21(20)25-23(26)29-15-14-27(2)12-4-3-5-13-27/h6-11,16H,3-5,12-15H2,1-2H3/q+1. The SMILES string of the molecule is Cc1ccc(-n2c(SCC[N+]3(C)CCCCC3)nc3cc(Cl)ccc3c2=O)cc1. The van der Waals surface area contributed by atoms with Crippen molar-refractivity contribution in [1.29, 1.82) is 0 Å². The molecule has 2 heterocycles. The Balaban J connectivity index is 1.71. The molecule has 2 aromatic carbocycles. The molecule has 0 unspecified atom stereocenters. The van der Waals surface area contributed by atoms with Gasteiger partial charge in [-0.2, -0.15) is 0 Å². The van der Waals surface area contributed by atoms with E-state index in [4.69, 9.17) is 16.6 Å². The lowest BCUT2D eigenvalue weighted by molar-refractivity contribution is -0.911.